The summed E-state index contributed by atoms with van der Waals surface area (Å²) >= 11 is 6.17. The standard InChI is InChI=1S/C20H18ClN3O/c1-24(18-8-3-2-4-9-18)20(25)16-11-17(14-22-12-16)23-13-15-7-5-6-10-19(15)21/h2-12,14,23H,13H2,1H3. The summed E-state index contributed by atoms with van der Waals surface area (Å²) < 4.78 is 0. The number of nitrogens with one attached hydrogen (secondary N) is 1. The molecule has 0 atom stereocenters. The summed E-state index contributed by atoms with van der Waals surface area (Å²) in [6.07, 6.45) is 3.26. The second kappa shape index (κ2) is 7.81. The molecule has 25 heavy (non-hydrogen) atoms. The van der Waals surface area contributed by atoms with Crippen LogP contribution in [0.15, 0.2) is 73.1 Å². The van der Waals surface area contributed by atoms with Gasteiger partial charge in [-0.25, -0.2) is 0 Å². The summed E-state index contributed by atoms with van der Waals surface area (Å²) in [6, 6.07) is 19.0. The largest absolute Gasteiger partial charge is 0.380 e. The lowest BCUT2D eigenvalue weighted by Gasteiger charge is -2.17. The van der Waals surface area contributed by atoms with Crippen LogP contribution < -0.4 is 10.2 Å². The monoisotopic (exact) mass is 351 g/mol. The van der Waals surface area contributed by atoms with E-state index in [0.29, 0.717) is 17.1 Å². The van der Waals surface area contributed by atoms with E-state index in [1.165, 1.54) is 0 Å². The molecule has 126 valence electrons. The first-order chi connectivity index (χ1) is 12.1. The molecule has 2 aromatic carbocycles. The van der Waals surface area contributed by atoms with Gasteiger partial charge in [0.2, 0.25) is 0 Å². The molecule has 3 rings (SSSR count). The number of aromatic nitrogens is 1. The van der Waals surface area contributed by atoms with Crippen LogP contribution in [0.4, 0.5) is 11.4 Å². The van der Waals surface area contributed by atoms with Gasteiger partial charge in [0.25, 0.3) is 5.91 Å². The van der Waals surface area contributed by atoms with Crippen LogP contribution in [0, 0.1) is 0 Å². The third kappa shape index (κ3) is 4.17. The van der Waals surface area contributed by atoms with Crippen molar-refractivity contribution in [3.63, 3.8) is 0 Å². The molecular formula is C20H18ClN3O. The highest BCUT2D eigenvalue weighted by Crippen LogP contribution is 2.19. The maximum Gasteiger partial charge on any atom is 0.259 e. The zero-order valence-corrected chi connectivity index (χ0v) is 14.6. The molecule has 1 amide bonds. The number of carbonyl (C=O) groups excluding carboxylic acids is 1. The number of hydrogen-bond acceptors (Lipinski definition) is 3. The number of pyridine rings is 1. The van der Waals surface area contributed by atoms with Gasteiger partial charge in [-0.2, -0.15) is 0 Å². The van der Waals surface area contributed by atoms with E-state index in [-0.39, 0.29) is 5.91 Å². The van der Waals surface area contributed by atoms with Gasteiger partial charge in [0, 0.05) is 36.7 Å². The Hall–Kier alpha value is -2.85. The summed E-state index contributed by atoms with van der Waals surface area (Å²) in [5.41, 5.74) is 3.12. The van der Waals surface area contributed by atoms with Gasteiger partial charge in [-0.1, -0.05) is 48.0 Å². The Balaban J connectivity index is 1.73. The molecule has 0 spiro atoms. The lowest BCUT2D eigenvalue weighted by atomic mass is 10.2. The molecule has 0 fully saturated rings. The Morgan fingerprint density at radius 3 is 2.56 bits per heavy atom. The van der Waals surface area contributed by atoms with E-state index in [2.05, 4.69) is 10.3 Å². The first-order valence-corrected chi connectivity index (χ1v) is 8.28. The molecule has 0 bridgehead atoms. The van der Waals surface area contributed by atoms with Gasteiger partial charge in [-0.05, 0) is 29.8 Å². The van der Waals surface area contributed by atoms with E-state index < -0.39 is 0 Å². The Bertz CT molecular complexity index is 868. The molecule has 1 aromatic heterocycles. The van der Waals surface area contributed by atoms with Gasteiger partial charge in [-0.3, -0.25) is 9.78 Å². The second-order valence-corrected chi connectivity index (χ2v) is 6.01. The van der Waals surface area contributed by atoms with Crippen molar-refractivity contribution in [3.8, 4) is 0 Å². The fourth-order valence-corrected chi connectivity index (χ4v) is 2.66. The summed E-state index contributed by atoms with van der Waals surface area (Å²) in [5.74, 6) is -0.111. The molecular weight excluding hydrogens is 334 g/mol. The summed E-state index contributed by atoms with van der Waals surface area (Å²) in [5, 5.41) is 3.97. The number of carbonyl (C=O) groups is 1. The third-order valence-electron chi connectivity index (χ3n) is 3.87. The highest BCUT2D eigenvalue weighted by Gasteiger charge is 2.14. The minimum Gasteiger partial charge on any atom is -0.380 e. The Kier molecular flexibility index (Phi) is 5.31. The molecule has 0 aliphatic rings. The van der Waals surface area contributed by atoms with Crippen LogP contribution in [0.1, 0.15) is 15.9 Å². The number of hydrogen-bond donors (Lipinski definition) is 1. The van der Waals surface area contributed by atoms with Crippen molar-refractivity contribution in [2.24, 2.45) is 0 Å². The normalized spacial score (nSPS) is 10.3. The Labute approximate surface area is 152 Å². The van der Waals surface area contributed by atoms with E-state index in [0.717, 1.165) is 16.9 Å². The molecule has 0 aliphatic carbocycles. The Morgan fingerprint density at radius 2 is 1.80 bits per heavy atom. The lowest BCUT2D eigenvalue weighted by molar-refractivity contribution is 0.0992. The van der Waals surface area contributed by atoms with Crippen LogP contribution in [0.2, 0.25) is 5.02 Å². The number of para-hydroxylation sites is 1. The SMILES string of the molecule is CN(C(=O)c1cncc(NCc2ccccc2Cl)c1)c1ccccc1. The fraction of sp³-hybridized carbons (Fsp3) is 0.100. The second-order valence-electron chi connectivity index (χ2n) is 5.61. The van der Waals surface area contributed by atoms with Gasteiger partial charge < -0.3 is 10.2 Å². The lowest BCUT2D eigenvalue weighted by Crippen LogP contribution is -2.26. The third-order valence-corrected chi connectivity index (χ3v) is 4.24. The van der Waals surface area contributed by atoms with E-state index >= 15 is 0 Å². The molecule has 3 aromatic rings. The van der Waals surface area contributed by atoms with Gasteiger partial charge in [0.15, 0.2) is 0 Å². The molecule has 1 heterocycles. The number of amides is 1. The van der Waals surface area contributed by atoms with Crippen LogP contribution in [-0.2, 0) is 6.54 Å². The smallest absolute Gasteiger partial charge is 0.259 e. The van der Waals surface area contributed by atoms with Crippen molar-refractivity contribution in [1.29, 1.82) is 0 Å². The zero-order chi connectivity index (χ0) is 17.6. The molecule has 0 radical (unpaired) electrons. The highest BCUT2D eigenvalue weighted by atomic mass is 35.5. The first-order valence-electron chi connectivity index (χ1n) is 7.90. The van der Waals surface area contributed by atoms with Crippen molar-refractivity contribution < 1.29 is 4.79 Å². The maximum atomic E-state index is 12.7. The molecule has 5 heteroatoms. The van der Waals surface area contributed by atoms with Crippen LogP contribution in [0.3, 0.4) is 0 Å². The zero-order valence-electron chi connectivity index (χ0n) is 13.8. The number of halogens is 1. The fourth-order valence-electron chi connectivity index (χ4n) is 2.46. The number of anilines is 2. The quantitative estimate of drug-likeness (QED) is 0.729. The van der Waals surface area contributed by atoms with Crippen molar-refractivity contribution >= 4 is 28.9 Å². The number of benzene rings is 2. The van der Waals surface area contributed by atoms with Crippen LogP contribution in [0.5, 0.6) is 0 Å². The van der Waals surface area contributed by atoms with Crippen LogP contribution in [-0.4, -0.2) is 17.9 Å². The minimum absolute atomic E-state index is 0.111. The average molecular weight is 352 g/mol. The molecule has 0 unspecified atom stereocenters. The highest BCUT2D eigenvalue weighted by molar-refractivity contribution is 6.31. The van der Waals surface area contributed by atoms with E-state index in [9.17, 15) is 4.79 Å². The first kappa shape index (κ1) is 17.0. The maximum absolute atomic E-state index is 12.7. The minimum atomic E-state index is -0.111. The topological polar surface area (TPSA) is 45.2 Å². The van der Waals surface area contributed by atoms with Gasteiger partial charge in [0.05, 0.1) is 11.3 Å². The summed E-state index contributed by atoms with van der Waals surface area (Å²) in [7, 11) is 1.75. The van der Waals surface area contributed by atoms with E-state index in [1.807, 2.05) is 54.6 Å². The Morgan fingerprint density at radius 1 is 1.08 bits per heavy atom. The molecule has 4 nitrogen and oxygen atoms in total. The molecule has 0 saturated carbocycles. The van der Waals surface area contributed by atoms with E-state index in [4.69, 9.17) is 11.6 Å². The molecule has 0 saturated heterocycles. The summed E-state index contributed by atoms with van der Waals surface area (Å²) in [4.78, 5) is 18.4. The van der Waals surface area contributed by atoms with Gasteiger partial charge >= 0.3 is 0 Å². The molecule has 0 aliphatic heterocycles. The molecule has 1 N–H and O–H groups in total. The van der Waals surface area contributed by atoms with Gasteiger partial charge in [0.1, 0.15) is 0 Å². The van der Waals surface area contributed by atoms with Crippen molar-refractivity contribution in [2.75, 3.05) is 17.3 Å². The van der Waals surface area contributed by atoms with Crippen molar-refractivity contribution in [1.82, 2.24) is 4.98 Å². The predicted octanol–water partition coefficient (Wildman–Crippen LogP) is 4.62. The van der Waals surface area contributed by atoms with Crippen molar-refractivity contribution in [3.05, 3.63) is 89.2 Å². The average Bonchev–Trinajstić information content (AvgIpc) is 2.67. The van der Waals surface area contributed by atoms with E-state index in [1.54, 1.807) is 30.4 Å². The number of rotatable bonds is 5. The van der Waals surface area contributed by atoms with Crippen molar-refractivity contribution in [2.45, 2.75) is 6.54 Å². The predicted molar refractivity (Wildman–Crippen MR) is 102 cm³/mol. The van der Waals surface area contributed by atoms with Crippen LogP contribution in [0.25, 0.3) is 0 Å². The number of nitrogens with zero attached hydrogens (tertiary/aromatic N) is 2. The van der Waals surface area contributed by atoms with Gasteiger partial charge in [-0.15, -0.1) is 0 Å². The van der Waals surface area contributed by atoms with Crippen LogP contribution >= 0.6 is 11.6 Å². The summed E-state index contributed by atoms with van der Waals surface area (Å²) in [6.45, 7) is 0.563.